The standard InChI is InChI=1S/C14H16N4O2/c15-9-1-2-12-10(7-9)11(8-17-12)14(20)18-5-3-13(19)16-4-6-18/h1-2,7-8,17H,3-6,15H2,(H,16,19). The number of fused-ring (bicyclic) bond motifs is 1. The third kappa shape index (κ3) is 2.20. The first kappa shape index (κ1) is 12.5. The Bertz CT molecular complexity index is 677. The zero-order chi connectivity index (χ0) is 14.1. The van der Waals surface area contributed by atoms with Gasteiger partial charge in [-0.25, -0.2) is 0 Å². The number of anilines is 1. The molecule has 4 N–H and O–H groups in total. The minimum Gasteiger partial charge on any atom is -0.399 e. The van der Waals surface area contributed by atoms with Gasteiger partial charge in [0.05, 0.1) is 5.56 Å². The van der Waals surface area contributed by atoms with Crippen molar-refractivity contribution in [2.75, 3.05) is 25.4 Å². The average molecular weight is 272 g/mol. The van der Waals surface area contributed by atoms with Gasteiger partial charge in [0, 0.05) is 48.8 Å². The van der Waals surface area contributed by atoms with Crippen molar-refractivity contribution in [2.45, 2.75) is 6.42 Å². The zero-order valence-corrected chi connectivity index (χ0v) is 11.0. The van der Waals surface area contributed by atoms with Gasteiger partial charge in [-0.05, 0) is 18.2 Å². The molecule has 2 amide bonds. The maximum absolute atomic E-state index is 12.6. The molecule has 2 aromatic rings. The number of nitrogens with zero attached hydrogens (tertiary/aromatic N) is 1. The van der Waals surface area contributed by atoms with Crippen LogP contribution in [0.2, 0.25) is 0 Å². The van der Waals surface area contributed by atoms with Gasteiger partial charge in [-0.2, -0.15) is 0 Å². The van der Waals surface area contributed by atoms with Gasteiger partial charge in [-0.3, -0.25) is 9.59 Å². The summed E-state index contributed by atoms with van der Waals surface area (Å²) in [4.78, 5) is 28.7. The van der Waals surface area contributed by atoms with E-state index in [4.69, 9.17) is 5.73 Å². The molecule has 0 bridgehead atoms. The number of H-pyrrole nitrogens is 1. The molecule has 0 saturated carbocycles. The predicted molar refractivity (Wildman–Crippen MR) is 76.2 cm³/mol. The summed E-state index contributed by atoms with van der Waals surface area (Å²) < 4.78 is 0. The summed E-state index contributed by atoms with van der Waals surface area (Å²) in [6.07, 6.45) is 2.04. The summed E-state index contributed by atoms with van der Waals surface area (Å²) in [6.45, 7) is 1.47. The molecule has 6 heteroatoms. The van der Waals surface area contributed by atoms with Crippen LogP contribution in [0.4, 0.5) is 5.69 Å². The van der Waals surface area contributed by atoms with Gasteiger partial charge in [-0.1, -0.05) is 0 Å². The zero-order valence-electron chi connectivity index (χ0n) is 11.0. The molecule has 1 fully saturated rings. The molecule has 0 radical (unpaired) electrons. The molecule has 6 nitrogen and oxygen atoms in total. The number of nitrogens with one attached hydrogen (secondary N) is 2. The molecule has 0 spiro atoms. The van der Waals surface area contributed by atoms with Crippen LogP contribution in [0.1, 0.15) is 16.8 Å². The molecule has 3 rings (SSSR count). The monoisotopic (exact) mass is 272 g/mol. The van der Waals surface area contributed by atoms with Crippen LogP contribution in [0.15, 0.2) is 24.4 Å². The van der Waals surface area contributed by atoms with Crippen LogP contribution < -0.4 is 11.1 Å². The fourth-order valence-corrected chi connectivity index (χ4v) is 2.46. The molecule has 0 unspecified atom stereocenters. The van der Waals surface area contributed by atoms with Gasteiger partial charge in [0.1, 0.15) is 0 Å². The Balaban J connectivity index is 1.92. The summed E-state index contributed by atoms with van der Waals surface area (Å²) in [5.74, 6) is -0.0816. The number of nitrogen functional groups attached to an aromatic ring is 1. The molecule has 0 atom stereocenters. The minimum absolute atomic E-state index is 0.0107. The van der Waals surface area contributed by atoms with E-state index < -0.39 is 0 Å². The first-order valence-corrected chi connectivity index (χ1v) is 6.58. The molecular formula is C14H16N4O2. The number of rotatable bonds is 1. The molecule has 1 aliphatic heterocycles. The van der Waals surface area contributed by atoms with Crippen molar-refractivity contribution in [3.05, 3.63) is 30.0 Å². The van der Waals surface area contributed by atoms with E-state index in [1.165, 1.54) is 0 Å². The number of carbonyl (C=O) groups excluding carboxylic acids is 2. The predicted octanol–water partition coefficient (Wildman–Crippen LogP) is 0.712. The second kappa shape index (κ2) is 4.88. The summed E-state index contributed by atoms with van der Waals surface area (Å²) in [6, 6.07) is 5.44. The van der Waals surface area contributed by atoms with Crippen LogP contribution in [0, 0.1) is 0 Å². The summed E-state index contributed by atoms with van der Waals surface area (Å²) >= 11 is 0. The summed E-state index contributed by atoms with van der Waals surface area (Å²) in [5, 5.41) is 3.58. The number of amides is 2. The van der Waals surface area contributed by atoms with E-state index in [-0.39, 0.29) is 11.8 Å². The van der Waals surface area contributed by atoms with Crippen molar-refractivity contribution in [1.82, 2.24) is 15.2 Å². The highest BCUT2D eigenvalue weighted by Crippen LogP contribution is 2.22. The number of hydrogen-bond acceptors (Lipinski definition) is 3. The highest BCUT2D eigenvalue weighted by Gasteiger charge is 2.22. The van der Waals surface area contributed by atoms with Crippen LogP contribution in [0.3, 0.4) is 0 Å². The molecular weight excluding hydrogens is 256 g/mol. The van der Waals surface area contributed by atoms with E-state index in [1.54, 1.807) is 23.2 Å². The molecule has 1 aromatic carbocycles. The third-order valence-electron chi connectivity index (χ3n) is 3.54. The molecule has 1 aromatic heterocycles. The Kier molecular flexibility index (Phi) is 3.06. The van der Waals surface area contributed by atoms with Crippen molar-refractivity contribution < 1.29 is 9.59 Å². The Labute approximate surface area is 115 Å². The lowest BCUT2D eigenvalue weighted by Crippen LogP contribution is -2.34. The smallest absolute Gasteiger partial charge is 0.256 e. The lowest BCUT2D eigenvalue weighted by molar-refractivity contribution is -0.120. The number of nitrogens with two attached hydrogens (primary N) is 1. The van der Waals surface area contributed by atoms with E-state index >= 15 is 0 Å². The Morgan fingerprint density at radius 1 is 1.30 bits per heavy atom. The van der Waals surface area contributed by atoms with Crippen LogP contribution in [-0.4, -0.2) is 41.3 Å². The number of aromatic nitrogens is 1. The lowest BCUT2D eigenvalue weighted by Gasteiger charge is -2.19. The van der Waals surface area contributed by atoms with Crippen molar-refractivity contribution in [2.24, 2.45) is 0 Å². The number of carbonyl (C=O) groups is 2. The fraction of sp³-hybridized carbons (Fsp3) is 0.286. The normalized spacial score (nSPS) is 16.0. The van der Waals surface area contributed by atoms with E-state index in [2.05, 4.69) is 10.3 Å². The summed E-state index contributed by atoms with van der Waals surface area (Å²) in [5.41, 5.74) is 7.88. The second-order valence-electron chi connectivity index (χ2n) is 4.90. The Morgan fingerprint density at radius 3 is 3.00 bits per heavy atom. The first-order chi connectivity index (χ1) is 9.65. The van der Waals surface area contributed by atoms with Gasteiger partial charge in [-0.15, -0.1) is 0 Å². The number of aromatic amines is 1. The first-order valence-electron chi connectivity index (χ1n) is 6.58. The van der Waals surface area contributed by atoms with Gasteiger partial charge < -0.3 is 20.9 Å². The van der Waals surface area contributed by atoms with Crippen LogP contribution >= 0.6 is 0 Å². The molecule has 2 heterocycles. The minimum atomic E-state index is -0.0710. The highest BCUT2D eigenvalue weighted by molar-refractivity contribution is 6.07. The second-order valence-corrected chi connectivity index (χ2v) is 4.90. The molecule has 104 valence electrons. The van der Waals surface area contributed by atoms with Crippen LogP contribution in [-0.2, 0) is 4.79 Å². The number of hydrogen-bond donors (Lipinski definition) is 3. The van der Waals surface area contributed by atoms with E-state index in [0.29, 0.717) is 37.3 Å². The topological polar surface area (TPSA) is 91.2 Å². The highest BCUT2D eigenvalue weighted by atomic mass is 16.2. The molecule has 20 heavy (non-hydrogen) atoms. The fourth-order valence-electron chi connectivity index (χ4n) is 2.46. The molecule has 1 saturated heterocycles. The molecule has 0 aliphatic carbocycles. The quantitative estimate of drug-likeness (QED) is 0.668. The van der Waals surface area contributed by atoms with Gasteiger partial charge in [0.25, 0.3) is 5.91 Å². The largest absolute Gasteiger partial charge is 0.399 e. The van der Waals surface area contributed by atoms with Crippen molar-refractivity contribution in [3.8, 4) is 0 Å². The third-order valence-corrected chi connectivity index (χ3v) is 3.54. The SMILES string of the molecule is Nc1ccc2[nH]cc(C(=O)N3CCNC(=O)CC3)c2c1. The number of benzene rings is 1. The van der Waals surface area contributed by atoms with Gasteiger partial charge >= 0.3 is 0 Å². The average Bonchev–Trinajstić information content (AvgIpc) is 2.72. The molecule has 1 aliphatic rings. The van der Waals surface area contributed by atoms with Crippen LogP contribution in [0.25, 0.3) is 10.9 Å². The Hall–Kier alpha value is -2.50. The maximum atomic E-state index is 12.6. The summed E-state index contributed by atoms with van der Waals surface area (Å²) in [7, 11) is 0. The maximum Gasteiger partial charge on any atom is 0.256 e. The lowest BCUT2D eigenvalue weighted by atomic mass is 10.1. The van der Waals surface area contributed by atoms with Crippen LogP contribution in [0.5, 0.6) is 0 Å². The van der Waals surface area contributed by atoms with E-state index in [1.807, 2.05) is 6.07 Å². The van der Waals surface area contributed by atoms with E-state index in [0.717, 1.165) is 10.9 Å². The van der Waals surface area contributed by atoms with Crippen molar-refractivity contribution in [3.63, 3.8) is 0 Å². The van der Waals surface area contributed by atoms with E-state index in [9.17, 15) is 9.59 Å². The van der Waals surface area contributed by atoms with Crippen molar-refractivity contribution in [1.29, 1.82) is 0 Å². The van der Waals surface area contributed by atoms with Gasteiger partial charge in [0.2, 0.25) is 5.91 Å². The van der Waals surface area contributed by atoms with Crippen molar-refractivity contribution >= 4 is 28.4 Å². The Morgan fingerprint density at radius 2 is 2.15 bits per heavy atom. The van der Waals surface area contributed by atoms with Gasteiger partial charge in [0.15, 0.2) is 0 Å².